The van der Waals surface area contributed by atoms with E-state index in [-0.39, 0.29) is 5.03 Å². The van der Waals surface area contributed by atoms with Gasteiger partial charge in [0.05, 0.1) is 5.03 Å². The Morgan fingerprint density at radius 3 is 1.86 bits per heavy atom. The predicted octanol–water partition coefficient (Wildman–Crippen LogP) is 4.21. The monoisotopic (exact) mass is 334 g/mol. The molecular formula is C6HCl7O. The first kappa shape index (κ1) is 13.5. The maximum atomic E-state index is 11.4. The van der Waals surface area contributed by atoms with E-state index >= 15 is 0 Å². The van der Waals surface area contributed by atoms with Crippen molar-refractivity contribution in [3.63, 3.8) is 0 Å². The summed E-state index contributed by atoms with van der Waals surface area (Å²) in [5, 5.41) is -1.97. The largest absolute Gasteiger partial charge is 0.290 e. The number of rotatable bonds is 0. The van der Waals surface area contributed by atoms with Gasteiger partial charge in [0.1, 0.15) is 10.4 Å². The van der Waals surface area contributed by atoms with Crippen molar-refractivity contribution in [3.8, 4) is 0 Å². The van der Waals surface area contributed by atoms with Crippen LogP contribution >= 0.6 is 81.2 Å². The highest BCUT2D eigenvalue weighted by Crippen LogP contribution is 2.53. The van der Waals surface area contributed by atoms with Gasteiger partial charge >= 0.3 is 0 Å². The minimum absolute atomic E-state index is 0.274. The SMILES string of the molecule is O=C1C(Cl)=C(Cl)C(Cl)(Cl)[C@@H](Cl)C1(Cl)Cl. The van der Waals surface area contributed by atoms with Gasteiger partial charge in [0.25, 0.3) is 0 Å². The molecular weight excluding hydrogens is 336 g/mol. The number of hydrogen-bond acceptors (Lipinski definition) is 1. The van der Waals surface area contributed by atoms with Crippen molar-refractivity contribution in [3.05, 3.63) is 10.1 Å². The molecule has 14 heavy (non-hydrogen) atoms. The molecule has 0 heterocycles. The lowest BCUT2D eigenvalue weighted by molar-refractivity contribution is -0.116. The van der Waals surface area contributed by atoms with Gasteiger partial charge in [-0.15, -0.1) is 11.6 Å². The van der Waals surface area contributed by atoms with Crippen LogP contribution in [0.4, 0.5) is 0 Å². The molecule has 1 rings (SSSR count). The molecule has 1 nitrogen and oxygen atoms in total. The van der Waals surface area contributed by atoms with Gasteiger partial charge in [0.2, 0.25) is 10.1 Å². The van der Waals surface area contributed by atoms with Crippen molar-refractivity contribution in [1.82, 2.24) is 0 Å². The van der Waals surface area contributed by atoms with E-state index in [0.717, 1.165) is 0 Å². The van der Waals surface area contributed by atoms with Gasteiger partial charge in [0, 0.05) is 0 Å². The summed E-state index contributed by atoms with van der Waals surface area (Å²) in [7, 11) is 0. The quantitative estimate of drug-likeness (QED) is 0.605. The molecule has 0 aromatic rings. The Morgan fingerprint density at radius 2 is 1.43 bits per heavy atom. The number of alkyl halides is 5. The number of allylic oxidation sites excluding steroid dienone is 2. The summed E-state index contributed by atoms with van der Waals surface area (Å²) < 4.78 is -3.77. The van der Waals surface area contributed by atoms with Gasteiger partial charge in [0.15, 0.2) is 4.33 Å². The molecule has 0 aliphatic heterocycles. The second-order valence-corrected chi connectivity index (χ2v) is 6.53. The molecule has 0 saturated heterocycles. The highest BCUT2D eigenvalue weighted by molar-refractivity contribution is 6.73. The molecule has 1 atom stereocenters. The fraction of sp³-hybridized carbons (Fsp3) is 0.500. The highest BCUT2D eigenvalue weighted by Gasteiger charge is 2.59. The molecule has 0 N–H and O–H groups in total. The van der Waals surface area contributed by atoms with Crippen LogP contribution in [0.3, 0.4) is 0 Å². The number of halogens is 7. The minimum atomic E-state index is -1.99. The number of carbonyl (C=O) groups is 1. The van der Waals surface area contributed by atoms with Gasteiger partial charge in [-0.2, -0.15) is 0 Å². The Morgan fingerprint density at radius 1 is 1.00 bits per heavy atom. The van der Waals surface area contributed by atoms with E-state index in [1.165, 1.54) is 0 Å². The summed E-state index contributed by atoms with van der Waals surface area (Å²) in [5.74, 6) is -0.815. The summed E-state index contributed by atoms with van der Waals surface area (Å²) in [6, 6.07) is 0. The van der Waals surface area contributed by atoms with Gasteiger partial charge in [-0.3, -0.25) is 4.79 Å². The maximum Gasteiger partial charge on any atom is 0.213 e. The number of carbonyl (C=O) groups excluding carboxylic acids is 1. The van der Waals surface area contributed by atoms with Crippen LogP contribution in [-0.2, 0) is 4.79 Å². The fourth-order valence-corrected chi connectivity index (χ4v) is 3.05. The van der Waals surface area contributed by atoms with Crippen LogP contribution < -0.4 is 0 Å². The van der Waals surface area contributed by atoms with Crippen molar-refractivity contribution in [2.75, 3.05) is 0 Å². The Bertz CT molecular complexity index is 318. The second-order valence-electron chi connectivity index (χ2n) is 2.57. The zero-order chi connectivity index (χ0) is 11.3. The summed E-state index contributed by atoms with van der Waals surface area (Å²) >= 11 is 39.7. The lowest BCUT2D eigenvalue weighted by Gasteiger charge is -2.36. The first-order chi connectivity index (χ1) is 6.13. The van der Waals surface area contributed by atoms with Crippen LogP contribution in [0.5, 0.6) is 0 Å². The van der Waals surface area contributed by atoms with Crippen LogP contribution in [0.1, 0.15) is 0 Å². The lowest BCUT2D eigenvalue weighted by Crippen LogP contribution is -2.50. The second kappa shape index (κ2) is 4.03. The standard InChI is InChI=1S/C6HCl7O/c7-1-2(8)5(10,11)4(9)6(12,13)3(1)14/h4H/t4-/m1/s1. The minimum Gasteiger partial charge on any atom is -0.290 e. The normalized spacial score (nSPS) is 30.8. The molecule has 80 valence electrons. The van der Waals surface area contributed by atoms with E-state index in [1.807, 2.05) is 0 Å². The van der Waals surface area contributed by atoms with Crippen molar-refractivity contribution in [1.29, 1.82) is 0 Å². The van der Waals surface area contributed by atoms with Crippen LogP contribution in [0, 0.1) is 0 Å². The smallest absolute Gasteiger partial charge is 0.213 e. The summed E-state index contributed by atoms with van der Waals surface area (Å²) in [6.07, 6.45) is 0. The van der Waals surface area contributed by atoms with Crippen molar-refractivity contribution in [2.24, 2.45) is 0 Å². The first-order valence-corrected chi connectivity index (χ1v) is 5.84. The fourth-order valence-electron chi connectivity index (χ4n) is 0.846. The third kappa shape index (κ3) is 1.86. The van der Waals surface area contributed by atoms with Crippen LogP contribution in [0.15, 0.2) is 10.1 Å². The van der Waals surface area contributed by atoms with Crippen molar-refractivity contribution < 1.29 is 4.79 Å². The summed E-state index contributed by atoms with van der Waals surface area (Å²) in [5.41, 5.74) is 0. The van der Waals surface area contributed by atoms with E-state index in [2.05, 4.69) is 0 Å². The lowest BCUT2D eigenvalue weighted by atomic mass is 10.0. The van der Waals surface area contributed by atoms with Crippen LogP contribution in [-0.4, -0.2) is 19.8 Å². The third-order valence-electron chi connectivity index (χ3n) is 1.62. The average Bonchev–Trinajstić information content (AvgIpc) is 2.11. The van der Waals surface area contributed by atoms with E-state index in [0.29, 0.717) is 0 Å². The molecule has 0 radical (unpaired) electrons. The van der Waals surface area contributed by atoms with Crippen molar-refractivity contribution in [2.45, 2.75) is 14.0 Å². The molecule has 0 fully saturated rings. The third-order valence-corrected chi connectivity index (χ3v) is 5.46. The zero-order valence-electron chi connectivity index (χ0n) is 6.13. The Kier molecular flexibility index (Phi) is 3.89. The molecule has 0 amide bonds. The van der Waals surface area contributed by atoms with Crippen molar-refractivity contribution >= 4 is 87.0 Å². The Hall–Kier alpha value is 1.44. The molecule has 1 aliphatic rings. The number of ketones is 1. The van der Waals surface area contributed by atoms with Gasteiger partial charge < -0.3 is 0 Å². The van der Waals surface area contributed by atoms with E-state index in [1.54, 1.807) is 0 Å². The molecule has 8 heteroatoms. The highest BCUT2D eigenvalue weighted by atomic mass is 35.5. The molecule has 1 aliphatic carbocycles. The molecule has 0 bridgehead atoms. The number of Topliss-reactive ketones (excluding diaryl/α,β-unsaturated/α-hetero) is 1. The predicted molar refractivity (Wildman–Crippen MR) is 62.3 cm³/mol. The molecule has 0 saturated carbocycles. The maximum absolute atomic E-state index is 11.4. The van der Waals surface area contributed by atoms with E-state index in [4.69, 9.17) is 81.2 Å². The molecule has 0 aromatic heterocycles. The van der Waals surface area contributed by atoms with E-state index in [9.17, 15) is 4.79 Å². The zero-order valence-corrected chi connectivity index (χ0v) is 11.4. The Labute approximate surface area is 115 Å². The van der Waals surface area contributed by atoms with Gasteiger partial charge in [-0.05, 0) is 0 Å². The summed E-state index contributed by atoms with van der Waals surface area (Å²) in [4.78, 5) is 11.4. The van der Waals surface area contributed by atoms with Gasteiger partial charge in [-0.1, -0.05) is 69.6 Å². The molecule has 0 spiro atoms. The van der Waals surface area contributed by atoms with Crippen LogP contribution in [0.2, 0.25) is 0 Å². The van der Waals surface area contributed by atoms with Crippen LogP contribution in [0.25, 0.3) is 0 Å². The topological polar surface area (TPSA) is 17.1 Å². The van der Waals surface area contributed by atoms with Gasteiger partial charge in [-0.25, -0.2) is 0 Å². The summed E-state index contributed by atoms with van der Waals surface area (Å²) in [6.45, 7) is 0. The number of hydrogen-bond donors (Lipinski definition) is 0. The average molecular weight is 337 g/mol. The Balaban J connectivity index is 3.39. The first-order valence-electron chi connectivity index (χ1n) is 3.13. The van der Waals surface area contributed by atoms with E-state index < -0.39 is 24.9 Å². The molecule has 0 unspecified atom stereocenters. The molecule has 0 aromatic carbocycles.